The normalized spacial score (nSPS) is 10.8. The van der Waals surface area contributed by atoms with Crippen molar-refractivity contribution in [3.63, 3.8) is 0 Å². The standard InChI is InChI=1S/C7H8BN3S/c1-3-2-12-6-4(3)5(9)10-7(8)11-6/h2H,8H2,1H3,(H2,9,10,11). The van der Waals surface area contributed by atoms with E-state index in [4.69, 9.17) is 5.73 Å². The summed E-state index contributed by atoms with van der Waals surface area (Å²) in [5.74, 6) is 0.594. The summed E-state index contributed by atoms with van der Waals surface area (Å²) in [4.78, 5) is 9.38. The molecule has 3 nitrogen and oxygen atoms in total. The van der Waals surface area contributed by atoms with E-state index in [9.17, 15) is 0 Å². The van der Waals surface area contributed by atoms with Crippen molar-refractivity contribution < 1.29 is 0 Å². The zero-order valence-corrected chi connectivity index (χ0v) is 7.77. The molecule has 12 heavy (non-hydrogen) atoms. The Morgan fingerprint density at radius 1 is 1.50 bits per heavy atom. The van der Waals surface area contributed by atoms with E-state index in [2.05, 4.69) is 15.3 Å². The first-order valence-electron chi connectivity index (χ1n) is 3.66. The third-order valence-electron chi connectivity index (χ3n) is 1.76. The minimum Gasteiger partial charge on any atom is -0.383 e. The molecule has 2 N–H and O–H groups in total. The summed E-state index contributed by atoms with van der Waals surface area (Å²) in [6, 6.07) is 0. The lowest BCUT2D eigenvalue weighted by Gasteiger charge is -1.97. The van der Waals surface area contributed by atoms with Gasteiger partial charge >= 0.3 is 0 Å². The van der Waals surface area contributed by atoms with E-state index in [-0.39, 0.29) is 0 Å². The second kappa shape index (κ2) is 2.45. The molecule has 2 aromatic heterocycles. The summed E-state index contributed by atoms with van der Waals surface area (Å²) < 4.78 is 0. The largest absolute Gasteiger partial charge is 0.383 e. The number of hydrogen-bond acceptors (Lipinski definition) is 4. The molecule has 0 atom stereocenters. The van der Waals surface area contributed by atoms with Crippen LogP contribution in [0.25, 0.3) is 10.2 Å². The molecule has 0 aliphatic heterocycles. The molecule has 0 saturated carbocycles. The number of thiophene rings is 1. The molecule has 0 radical (unpaired) electrons. The second-order valence-corrected chi connectivity index (χ2v) is 3.61. The topological polar surface area (TPSA) is 51.8 Å². The lowest BCUT2D eigenvalue weighted by Crippen LogP contribution is -2.14. The summed E-state index contributed by atoms with van der Waals surface area (Å²) in [6.07, 6.45) is 0. The zero-order valence-electron chi connectivity index (χ0n) is 6.96. The van der Waals surface area contributed by atoms with Crippen LogP contribution in [0.15, 0.2) is 5.38 Å². The van der Waals surface area contributed by atoms with Gasteiger partial charge in [0.1, 0.15) is 10.6 Å². The number of fused-ring (bicyclic) bond motifs is 1. The maximum atomic E-state index is 5.76. The predicted octanol–water partition coefficient (Wildman–Crippen LogP) is -0.160. The van der Waals surface area contributed by atoms with Crippen molar-refractivity contribution in [1.29, 1.82) is 0 Å². The summed E-state index contributed by atoms with van der Waals surface area (Å²) in [5.41, 5.74) is 7.66. The fourth-order valence-electron chi connectivity index (χ4n) is 1.23. The van der Waals surface area contributed by atoms with Gasteiger partial charge in [-0.15, -0.1) is 11.3 Å². The Morgan fingerprint density at radius 2 is 2.25 bits per heavy atom. The minimum atomic E-state index is 0.594. The van der Waals surface area contributed by atoms with Crippen molar-refractivity contribution in [2.75, 3.05) is 5.73 Å². The van der Waals surface area contributed by atoms with Crippen molar-refractivity contribution in [2.45, 2.75) is 6.92 Å². The van der Waals surface area contributed by atoms with Crippen LogP contribution in [0.5, 0.6) is 0 Å². The van der Waals surface area contributed by atoms with Gasteiger partial charge in [-0.05, 0) is 17.9 Å². The fourth-order valence-corrected chi connectivity index (χ4v) is 2.20. The molecule has 2 aromatic rings. The first kappa shape index (κ1) is 7.55. The Balaban J connectivity index is 2.93. The van der Waals surface area contributed by atoms with Crippen molar-refractivity contribution in [1.82, 2.24) is 9.97 Å². The van der Waals surface area contributed by atoms with E-state index < -0.39 is 0 Å². The molecule has 0 aliphatic carbocycles. The van der Waals surface area contributed by atoms with Gasteiger partial charge in [0.15, 0.2) is 7.85 Å². The number of nitrogens with two attached hydrogens (primary N) is 1. The Bertz CT molecular complexity index is 437. The smallest absolute Gasteiger partial charge is 0.189 e. The van der Waals surface area contributed by atoms with Crippen molar-refractivity contribution in [3.05, 3.63) is 10.9 Å². The van der Waals surface area contributed by atoms with Crippen molar-refractivity contribution >= 4 is 40.9 Å². The van der Waals surface area contributed by atoms with E-state index in [0.29, 0.717) is 5.82 Å². The molecule has 2 heterocycles. The highest BCUT2D eigenvalue weighted by molar-refractivity contribution is 7.17. The summed E-state index contributed by atoms with van der Waals surface area (Å²) in [5, 5.41) is 3.06. The van der Waals surface area contributed by atoms with Gasteiger partial charge in [-0.25, -0.2) is 9.97 Å². The number of hydrogen-bond donors (Lipinski definition) is 1. The van der Waals surface area contributed by atoms with Crippen LogP contribution in [-0.4, -0.2) is 17.8 Å². The molecule has 0 saturated heterocycles. The molecule has 0 unspecified atom stereocenters. The number of anilines is 1. The molecule has 0 amide bonds. The van der Waals surface area contributed by atoms with Gasteiger partial charge in [0.2, 0.25) is 0 Å². The predicted molar refractivity (Wildman–Crippen MR) is 54.7 cm³/mol. The van der Waals surface area contributed by atoms with Gasteiger partial charge < -0.3 is 5.73 Å². The summed E-state index contributed by atoms with van der Waals surface area (Å²) in [7, 11) is 1.85. The maximum absolute atomic E-state index is 5.76. The highest BCUT2D eigenvalue weighted by Gasteiger charge is 2.06. The summed E-state index contributed by atoms with van der Waals surface area (Å²) in [6.45, 7) is 2.02. The Labute approximate surface area is 75.0 Å². The fraction of sp³-hybridized carbons (Fsp3) is 0.143. The quantitative estimate of drug-likeness (QED) is 0.569. The number of nitrogen functional groups attached to an aromatic ring is 1. The summed E-state index contributed by atoms with van der Waals surface area (Å²) >= 11 is 1.61. The third kappa shape index (κ3) is 0.974. The van der Waals surface area contributed by atoms with Crippen LogP contribution in [0, 0.1) is 6.92 Å². The molecule has 0 aliphatic rings. The van der Waals surface area contributed by atoms with Crippen LogP contribution >= 0.6 is 11.3 Å². The Hall–Kier alpha value is -1.10. The average molecular weight is 177 g/mol. The van der Waals surface area contributed by atoms with Crippen LogP contribution in [0.4, 0.5) is 5.82 Å². The highest BCUT2D eigenvalue weighted by Crippen LogP contribution is 2.25. The molecular formula is C7H8BN3S. The van der Waals surface area contributed by atoms with E-state index in [0.717, 1.165) is 21.5 Å². The van der Waals surface area contributed by atoms with Crippen LogP contribution in [0.3, 0.4) is 0 Å². The SMILES string of the molecule is Bc1nc(N)c2c(C)csc2n1. The van der Waals surface area contributed by atoms with Crippen molar-refractivity contribution in [2.24, 2.45) is 0 Å². The number of rotatable bonds is 0. The van der Waals surface area contributed by atoms with Crippen molar-refractivity contribution in [3.8, 4) is 0 Å². The van der Waals surface area contributed by atoms with Gasteiger partial charge in [-0.1, -0.05) is 0 Å². The lowest BCUT2D eigenvalue weighted by molar-refractivity contribution is 1.31. The maximum Gasteiger partial charge on any atom is 0.189 e. The average Bonchev–Trinajstić information content (AvgIpc) is 2.31. The molecule has 0 bridgehead atoms. The monoisotopic (exact) mass is 177 g/mol. The van der Waals surface area contributed by atoms with Crippen LogP contribution in [-0.2, 0) is 0 Å². The van der Waals surface area contributed by atoms with Crippen LogP contribution < -0.4 is 11.5 Å². The van der Waals surface area contributed by atoms with E-state index in [1.165, 1.54) is 0 Å². The molecule has 2 rings (SSSR count). The molecule has 5 heteroatoms. The molecule has 0 spiro atoms. The Kier molecular flexibility index (Phi) is 1.54. The van der Waals surface area contributed by atoms with Gasteiger partial charge in [0.25, 0.3) is 0 Å². The third-order valence-corrected chi connectivity index (χ3v) is 2.75. The zero-order chi connectivity index (χ0) is 8.72. The second-order valence-electron chi connectivity index (χ2n) is 2.75. The lowest BCUT2D eigenvalue weighted by atomic mass is 10.1. The number of aromatic nitrogens is 2. The van der Waals surface area contributed by atoms with Crippen LogP contribution in [0.2, 0.25) is 0 Å². The van der Waals surface area contributed by atoms with E-state index in [1.807, 2.05) is 14.8 Å². The Morgan fingerprint density at radius 3 is 3.00 bits per heavy atom. The van der Waals surface area contributed by atoms with Crippen LogP contribution in [0.1, 0.15) is 5.56 Å². The first-order chi connectivity index (χ1) is 5.68. The van der Waals surface area contributed by atoms with Gasteiger partial charge in [-0.2, -0.15) is 0 Å². The van der Waals surface area contributed by atoms with Gasteiger partial charge in [0, 0.05) is 0 Å². The van der Waals surface area contributed by atoms with Gasteiger partial charge in [-0.3, -0.25) is 0 Å². The van der Waals surface area contributed by atoms with E-state index >= 15 is 0 Å². The first-order valence-corrected chi connectivity index (χ1v) is 4.54. The van der Waals surface area contributed by atoms with E-state index in [1.54, 1.807) is 11.3 Å². The highest BCUT2D eigenvalue weighted by atomic mass is 32.1. The molecular weight excluding hydrogens is 169 g/mol. The van der Waals surface area contributed by atoms with Gasteiger partial charge in [0.05, 0.1) is 11.1 Å². The molecule has 60 valence electrons. The number of aryl methyl sites for hydroxylation is 1. The molecule has 0 aromatic carbocycles. The number of nitrogens with zero attached hydrogens (tertiary/aromatic N) is 2. The minimum absolute atomic E-state index is 0.594. The molecule has 0 fully saturated rings.